The van der Waals surface area contributed by atoms with Crippen LogP contribution >= 0.6 is 0 Å². The number of alkyl halides is 3. The molecule has 1 amide bonds. The van der Waals surface area contributed by atoms with Crippen molar-refractivity contribution in [2.75, 3.05) is 24.5 Å². The van der Waals surface area contributed by atoms with Crippen molar-refractivity contribution in [1.82, 2.24) is 9.88 Å². The molecule has 1 aromatic carbocycles. The molecule has 1 saturated heterocycles. The van der Waals surface area contributed by atoms with Crippen LogP contribution in [0.15, 0.2) is 42.6 Å². The first kappa shape index (κ1) is 19.7. The predicted octanol–water partition coefficient (Wildman–Crippen LogP) is 4.29. The SMILES string of the molecule is O=C(CC1CCN(c2ccnc(C(F)(F)F)c2)CC1)N1CCc2ccccc2C1. The van der Waals surface area contributed by atoms with Crippen molar-refractivity contribution in [2.24, 2.45) is 5.92 Å². The van der Waals surface area contributed by atoms with E-state index in [1.54, 1.807) is 6.07 Å². The molecule has 3 heterocycles. The Morgan fingerprint density at radius 2 is 1.79 bits per heavy atom. The topological polar surface area (TPSA) is 36.4 Å². The Labute approximate surface area is 168 Å². The number of amides is 1. The van der Waals surface area contributed by atoms with Crippen molar-refractivity contribution in [2.45, 2.75) is 38.4 Å². The summed E-state index contributed by atoms with van der Waals surface area (Å²) in [6.07, 6.45) is -0.209. The highest BCUT2D eigenvalue weighted by Gasteiger charge is 2.33. The van der Waals surface area contributed by atoms with Gasteiger partial charge in [-0.1, -0.05) is 24.3 Å². The maximum atomic E-state index is 12.9. The molecule has 7 heteroatoms. The van der Waals surface area contributed by atoms with Crippen LogP contribution < -0.4 is 4.90 Å². The van der Waals surface area contributed by atoms with E-state index in [1.165, 1.54) is 17.3 Å². The average Bonchev–Trinajstić information content (AvgIpc) is 2.73. The number of piperidine rings is 1. The van der Waals surface area contributed by atoms with Crippen molar-refractivity contribution in [3.05, 3.63) is 59.4 Å². The molecule has 2 aliphatic rings. The molecule has 0 saturated carbocycles. The van der Waals surface area contributed by atoms with E-state index < -0.39 is 11.9 Å². The monoisotopic (exact) mass is 403 g/mol. The molecule has 0 spiro atoms. The molecule has 1 aromatic heterocycles. The van der Waals surface area contributed by atoms with E-state index in [1.807, 2.05) is 21.9 Å². The van der Waals surface area contributed by atoms with Gasteiger partial charge in [-0.25, -0.2) is 0 Å². The summed E-state index contributed by atoms with van der Waals surface area (Å²) < 4.78 is 38.7. The number of anilines is 1. The van der Waals surface area contributed by atoms with E-state index in [-0.39, 0.29) is 11.8 Å². The Kier molecular flexibility index (Phi) is 5.48. The number of carbonyl (C=O) groups excluding carboxylic acids is 1. The lowest BCUT2D eigenvalue weighted by molar-refractivity contribution is -0.141. The second-order valence-electron chi connectivity index (χ2n) is 7.87. The van der Waals surface area contributed by atoms with Crippen LogP contribution in [-0.2, 0) is 23.9 Å². The molecule has 154 valence electrons. The molecule has 0 N–H and O–H groups in total. The van der Waals surface area contributed by atoms with Crippen LogP contribution in [0.5, 0.6) is 0 Å². The number of hydrogen-bond acceptors (Lipinski definition) is 3. The summed E-state index contributed by atoms with van der Waals surface area (Å²) in [7, 11) is 0. The van der Waals surface area contributed by atoms with Gasteiger partial charge in [0.25, 0.3) is 0 Å². The smallest absolute Gasteiger partial charge is 0.371 e. The van der Waals surface area contributed by atoms with Crippen molar-refractivity contribution < 1.29 is 18.0 Å². The number of benzene rings is 1. The third-order valence-corrected chi connectivity index (χ3v) is 5.96. The van der Waals surface area contributed by atoms with Gasteiger partial charge < -0.3 is 9.80 Å². The lowest BCUT2D eigenvalue weighted by Gasteiger charge is -2.35. The zero-order valence-electron chi connectivity index (χ0n) is 16.2. The summed E-state index contributed by atoms with van der Waals surface area (Å²) in [5.74, 6) is 0.459. The third kappa shape index (κ3) is 4.54. The number of fused-ring (bicyclic) bond motifs is 1. The van der Waals surface area contributed by atoms with Gasteiger partial charge in [-0.15, -0.1) is 0 Å². The zero-order chi connectivity index (χ0) is 20.4. The van der Waals surface area contributed by atoms with Gasteiger partial charge >= 0.3 is 6.18 Å². The molecule has 0 unspecified atom stereocenters. The van der Waals surface area contributed by atoms with Crippen LogP contribution in [0.3, 0.4) is 0 Å². The Morgan fingerprint density at radius 1 is 1.07 bits per heavy atom. The van der Waals surface area contributed by atoms with Crippen LogP contribution in [0, 0.1) is 5.92 Å². The number of nitrogens with zero attached hydrogens (tertiary/aromatic N) is 3. The minimum absolute atomic E-state index is 0.182. The van der Waals surface area contributed by atoms with Crippen molar-refractivity contribution >= 4 is 11.6 Å². The van der Waals surface area contributed by atoms with Gasteiger partial charge in [-0.05, 0) is 48.4 Å². The number of hydrogen-bond donors (Lipinski definition) is 0. The van der Waals surface area contributed by atoms with Crippen LogP contribution in [0.2, 0.25) is 0 Å². The molecule has 2 aromatic rings. The van der Waals surface area contributed by atoms with Gasteiger partial charge in [-0.3, -0.25) is 9.78 Å². The van der Waals surface area contributed by atoms with Gasteiger partial charge in [0, 0.05) is 44.5 Å². The van der Waals surface area contributed by atoms with Gasteiger partial charge in [0.2, 0.25) is 5.91 Å². The van der Waals surface area contributed by atoms with Crippen LogP contribution in [-0.4, -0.2) is 35.4 Å². The second kappa shape index (κ2) is 8.05. The standard InChI is InChI=1S/C22H24F3N3O/c23-22(24,25)20-14-19(5-9-26-20)27-10-6-16(7-11-27)13-21(29)28-12-8-17-3-1-2-4-18(17)15-28/h1-5,9,14,16H,6-8,10-13,15H2. The van der Waals surface area contributed by atoms with Crippen LogP contribution in [0.4, 0.5) is 18.9 Å². The van der Waals surface area contributed by atoms with Gasteiger partial charge in [0.1, 0.15) is 5.69 Å². The van der Waals surface area contributed by atoms with E-state index in [2.05, 4.69) is 17.1 Å². The minimum Gasteiger partial charge on any atom is -0.371 e. The molecule has 0 aliphatic carbocycles. The maximum Gasteiger partial charge on any atom is 0.433 e. The third-order valence-electron chi connectivity index (χ3n) is 5.96. The molecule has 0 atom stereocenters. The van der Waals surface area contributed by atoms with Crippen LogP contribution in [0.25, 0.3) is 0 Å². The molecule has 1 fully saturated rings. The quantitative estimate of drug-likeness (QED) is 0.767. The summed E-state index contributed by atoms with van der Waals surface area (Å²) in [6, 6.07) is 11.0. The van der Waals surface area contributed by atoms with E-state index >= 15 is 0 Å². The van der Waals surface area contributed by atoms with Crippen LogP contribution in [0.1, 0.15) is 36.1 Å². The van der Waals surface area contributed by atoms with Gasteiger partial charge in [0.05, 0.1) is 0 Å². The fourth-order valence-corrected chi connectivity index (χ4v) is 4.25. The first-order valence-electron chi connectivity index (χ1n) is 10.0. The van der Waals surface area contributed by atoms with Gasteiger partial charge in [-0.2, -0.15) is 13.2 Å². The molecular formula is C22H24F3N3O. The largest absolute Gasteiger partial charge is 0.433 e. The Bertz CT molecular complexity index is 876. The van der Waals surface area contributed by atoms with Crippen molar-refractivity contribution in [3.8, 4) is 0 Å². The van der Waals surface area contributed by atoms with Crippen molar-refractivity contribution in [3.63, 3.8) is 0 Å². The van der Waals surface area contributed by atoms with E-state index in [9.17, 15) is 18.0 Å². The first-order valence-corrected chi connectivity index (χ1v) is 10.0. The molecular weight excluding hydrogens is 379 g/mol. The van der Waals surface area contributed by atoms with Crippen molar-refractivity contribution in [1.29, 1.82) is 0 Å². The Morgan fingerprint density at radius 3 is 2.52 bits per heavy atom. The molecule has 0 radical (unpaired) electrons. The summed E-state index contributed by atoms with van der Waals surface area (Å²) in [6.45, 7) is 2.74. The highest BCUT2D eigenvalue weighted by Crippen LogP contribution is 2.32. The normalized spacial score (nSPS) is 17.9. The number of aromatic nitrogens is 1. The van der Waals surface area contributed by atoms with E-state index in [4.69, 9.17) is 0 Å². The number of rotatable bonds is 3. The Hall–Kier alpha value is -2.57. The molecule has 4 nitrogen and oxygen atoms in total. The molecule has 2 aliphatic heterocycles. The number of halogens is 3. The summed E-state index contributed by atoms with van der Waals surface area (Å²) in [5, 5.41) is 0. The highest BCUT2D eigenvalue weighted by molar-refractivity contribution is 5.76. The van der Waals surface area contributed by atoms with Gasteiger partial charge in [0.15, 0.2) is 0 Å². The summed E-state index contributed by atoms with van der Waals surface area (Å²) >= 11 is 0. The predicted molar refractivity (Wildman–Crippen MR) is 104 cm³/mol. The summed E-state index contributed by atoms with van der Waals surface area (Å²) in [4.78, 5) is 20.1. The maximum absolute atomic E-state index is 12.9. The fourth-order valence-electron chi connectivity index (χ4n) is 4.25. The fraction of sp³-hybridized carbons (Fsp3) is 0.455. The lowest BCUT2D eigenvalue weighted by atomic mass is 9.92. The number of pyridine rings is 1. The summed E-state index contributed by atoms with van der Waals surface area (Å²) in [5.41, 5.74) is 2.22. The first-order chi connectivity index (χ1) is 13.9. The van der Waals surface area contributed by atoms with E-state index in [0.29, 0.717) is 31.7 Å². The zero-order valence-corrected chi connectivity index (χ0v) is 16.2. The van der Waals surface area contributed by atoms with E-state index in [0.717, 1.165) is 31.9 Å². The number of carbonyl (C=O) groups is 1. The average molecular weight is 403 g/mol. The molecule has 4 rings (SSSR count). The minimum atomic E-state index is -4.44. The molecule has 0 bridgehead atoms. The molecule has 29 heavy (non-hydrogen) atoms. The second-order valence-corrected chi connectivity index (χ2v) is 7.87. The Balaban J connectivity index is 1.31. The lowest BCUT2D eigenvalue weighted by Crippen LogP contribution is -2.39. The highest BCUT2D eigenvalue weighted by atomic mass is 19.4.